The molecule has 0 bridgehead atoms. The molecule has 0 aromatic heterocycles. The van der Waals surface area contributed by atoms with E-state index < -0.39 is 18.6 Å². The zero-order chi connectivity index (χ0) is 8.53. The molecule has 0 atom stereocenters. The molecule has 0 saturated carbocycles. The Labute approximate surface area is 77.1 Å². The quantitative estimate of drug-likeness (QED) is 0.581. The Bertz CT molecular complexity index is 72.5. The van der Waals surface area contributed by atoms with E-state index in [0.717, 1.165) is 13.2 Å². The molecular formula is C8H19O2Ti. The summed E-state index contributed by atoms with van der Waals surface area (Å²) in [5.74, 6) is 0. The first kappa shape index (κ1) is 11.6. The van der Waals surface area contributed by atoms with Gasteiger partial charge in [0.2, 0.25) is 0 Å². The van der Waals surface area contributed by atoms with Crippen LogP contribution in [0.3, 0.4) is 0 Å². The first-order valence-corrected chi connectivity index (χ1v) is 6.84. The van der Waals surface area contributed by atoms with Crippen molar-refractivity contribution in [2.45, 2.75) is 38.3 Å². The van der Waals surface area contributed by atoms with Crippen molar-refractivity contribution in [1.29, 1.82) is 0 Å². The van der Waals surface area contributed by atoms with Gasteiger partial charge in [-0.05, 0) is 0 Å². The number of unbranched alkanes of at least 4 members (excludes halogenated alkanes) is 1. The molecule has 0 rings (SSSR count). The van der Waals surface area contributed by atoms with Gasteiger partial charge in [-0.3, -0.25) is 0 Å². The van der Waals surface area contributed by atoms with Gasteiger partial charge in [-0.15, -0.1) is 0 Å². The van der Waals surface area contributed by atoms with Gasteiger partial charge in [-0.25, -0.2) is 0 Å². The van der Waals surface area contributed by atoms with Gasteiger partial charge in [-0.1, -0.05) is 0 Å². The van der Waals surface area contributed by atoms with Crippen molar-refractivity contribution in [3.8, 4) is 0 Å². The summed E-state index contributed by atoms with van der Waals surface area (Å²) in [7, 11) is 0. The maximum atomic E-state index is 5.53. The predicted molar refractivity (Wildman–Crippen MR) is 43.0 cm³/mol. The molecule has 0 spiro atoms. The summed E-state index contributed by atoms with van der Waals surface area (Å²) in [6.45, 7) is 7.92. The molecule has 0 radical (unpaired) electrons. The van der Waals surface area contributed by atoms with E-state index in [9.17, 15) is 0 Å². The van der Waals surface area contributed by atoms with Crippen LogP contribution in [-0.2, 0) is 25.3 Å². The third kappa shape index (κ3) is 7.01. The Morgan fingerprint density at radius 2 is 1.55 bits per heavy atom. The van der Waals surface area contributed by atoms with Gasteiger partial charge in [0.05, 0.1) is 0 Å². The van der Waals surface area contributed by atoms with Gasteiger partial charge < -0.3 is 0 Å². The third-order valence-corrected chi connectivity index (χ3v) is 4.44. The number of hydrogen-bond donors (Lipinski definition) is 0. The molecule has 0 saturated heterocycles. The fourth-order valence-corrected chi connectivity index (χ4v) is 3.42. The van der Waals surface area contributed by atoms with Crippen molar-refractivity contribution in [3.63, 3.8) is 0 Å². The summed E-state index contributed by atoms with van der Waals surface area (Å²) in [4.78, 5) is 0. The van der Waals surface area contributed by atoms with Crippen LogP contribution in [0.25, 0.3) is 0 Å². The normalized spacial score (nSPS) is 10.1. The van der Waals surface area contributed by atoms with E-state index in [1.54, 1.807) is 0 Å². The summed E-state index contributed by atoms with van der Waals surface area (Å²) >= 11 is -1.51. The van der Waals surface area contributed by atoms with Gasteiger partial charge in [-0.2, -0.15) is 0 Å². The molecule has 0 N–H and O–H groups in total. The van der Waals surface area contributed by atoms with E-state index in [2.05, 4.69) is 6.92 Å². The third-order valence-electron chi connectivity index (χ3n) is 1.35. The summed E-state index contributed by atoms with van der Waals surface area (Å²) < 4.78 is 12.3. The fraction of sp³-hybridized carbons (Fsp3) is 1.00. The standard InChI is InChI=1S/C4H9.2C2H5O.Ti/c1-3-4-2;2*1-2-3;/h1,3-4H2,2H3;2*2H2,1H3;/q;2*-1;+2. The Hall–Kier alpha value is 0.634. The summed E-state index contributed by atoms with van der Waals surface area (Å²) in [6, 6.07) is 0. The first-order chi connectivity index (χ1) is 5.35. The van der Waals surface area contributed by atoms with Crippen molar-refractivity contribution in [3.05, 3.63) is 0 Å². The molecule has 11 heavy (non-hydrogen) atoms. The van der Waals surface area contributed by atoms with Gasteiger partial charge in [0, 0.05) is 0 Å². The van der Waals surface area contributed by atoms with Crippen molar-refractivity contribution in [2.24, 2.45) is 0 Å². The number of rotatable bonds is 7. The molecule has 3 heteroatoms. The molecule has 0 aromatic rings. The van der Waals surface area contributed by atoms with Crippen molar-refractivity contribution in [1.82, 2.24) is 0 Å². The van der Waals surface area contributed by atoms with Crippen LogP contribution >= 0.6 is 0 Å². The molecule has 0 aliphatic heterocycles. The zero-order valence-electron chi connectivity index (χ0n) is 7.85. The van der Waals surface area contributed by atoms with Crippen LogP contribution in [0.5, 0.6) is 0 Å². The van der Waals surface area contributed by atoms with E-state index in [0.29, 0.717) is 0 Å². The molecule has 0 aliphatic carbocycles. The van der Waals surface area contributed by atoms with Crippen LogP contribution in [0.4, 0.5) is 0 Å². The van der Waals surface area contributed by atoms with E-state index >= 15 is 0 Å². The van der Waals surface area contributed by atoms with Gasteiger partial charge in [0.1, 0.15) is 0 Å². The van der Waals surface area contributed by atoms with E-state index in [-0.39, 0.29) is 0 Å². The zero-order valence-corrected chi connectivity index (χ0v) is 9.41. The molecule has 0 heterocycles. The van der Waals surface area contributed by atoms with Crippen molar-refractivity contribution < 1.29 is 25.3 Å². The van der Waals surface area contributed by atoms with Crippen LogP contribution in [0.1, 0.15) is 33.6 Å². The monoisotopic (exact) mass is 195 g/mol. The minimum absolute atomic E-state index is 0.818. The fourth-order valence-electron chi connectivity index (χ4n) is 0.829. The molecule has 0 aliphatic rings. The minimum atomic E-state index is -1.51. The Morgan fingerprint density at radius 1 is 1.00 bits per heavy atom. The Morgan fingerprint density at radius 3 is 1.91 bits per heavy atom. The second-order valence-corrected chi connectivity index (χ2v) is 5.19. The second kappa shape index (κ2) is 8.73. The van der Waals surface area contributed by atoms with Gasteiger partial charge in [0.25, 0.3) is 0 Å². The molecule has 0 unspecified atom stereocenters. The summed E-state index contributed by atoms with van der Waals surface area (Å²) in [5, 5.41) is 0. The van der Waals surface area contributed by atoms with Crippen LogP contribution in [-0.4, -0.2) is 13.2 Å². The predicted octanol–water partition coefficient (Wildman–Crippen LogP) is 2.73. The van der Waals surface area contributed by atoms with E-state index in [4.69, 9.17) is 6.64 Å². The Balaban J connectivity index is 3.34. The molecule has 0 aromatic carbocycles. The van der Waals surface area contributed by atoms with Crippen LogP contribution < -0.4 is 0 Å². The second-order valence-electron chi connectivity index (χ2n) is 2.34. The molecule has 0 amide bonds. The van der Waals surface area contributed by atoms with Crippen LogP contribution in [0.2, 0.25) is 4.73 Å². The maximum absolute atomic E-state index is 5.53. The van der Waals surface area contributed by atoms with Gasteiger partial charge >= 0.3 is 76.8 Å². The average molecular weight is 195 g/mol. The summed E-state index contributed by atoms with van der Waals surface area (Å²) in [5.41, 5.74) is 0. The van der Waals surface area contributed by atoms with Crippen molar-refractivity contribution in [2.75, 3.05) is 13.2 Å². The summed E-state index contributed by atoms with van der Waals surface area (Å²) in [6.07, 6.45) is 2.51. The number of hydrogen-bond acceptors (Lipinski definition) is 2. The van der Waals surface area contributed by atoms with Gasteiger partial charge in [0.15, 0.2) is 0 Å². The van der Waals surface area contributed by atoms with Crippen LogP contribution in [0.15, 0.2) is 0 Å². The molecule has 0 fully saturated rings. The molecule has 2 nitrogen and oxygen atoms in total. The Kier molecular flexibility index (Phi) is 9.23. The average Bonchev–Trinajstić information content (AvgIpc) is 2.01. The molecular weight excluding hydrogens is 176 g/mol. The van der Waals surface area contributed by atoms with Crippen molar-refractivity contribution >= 4 is 0 Å². The molecule has 67 valence electrons. The topological polar surface area (TPSA) is 18.5 Å². The van der Waals surface area contributed by atoms with Crippen LogP contribution in [0, 0.1) is 0 Å². The SMILES string of the molecule is CCC[CH2][Ti]([O]CC)[O]CC. The van der Waals surface area contributed by atoms with E-state index in [1.165, 1.54) is 17.6 Å². The first-order valence-electron chi connectivity index (χ1n) is 4.46. The van der Waals surface area contributed by atoms with E-state index in [1.807, 2.05) is 13.8 Å².